The monoisotopic (exact) mass is 266 g/mol. The maximum atomic E-state index is 11.8. The van der Waals surface area contributed by atoms with Gasteiger partial charge in [-0.25, -0.2) is 8.78 Å². The van der Waals surface area contributed by atoms with Crippen LogP contribution in [0.25, 0.3) is 0 Å². The van der Waals surface area contributed by atoms with E-state index in [1.165, 1.54) is 0 Å². The van der Waals surface area contributed by atoms with Crippen molar-refractivity contribution < 1.29 is 18.3 Å². The third-order valence-electron chi connectivity index (χ3n) is 2.30. The SMILES string of the molecule is CC(C)(C)CC(CN)C(=O)NCCOCC(F)F. The van der Waals surface area contributed by atoms with Crippen LogP contribution >= 0.6 is 0 Å². The summed E-state index contributed by atoms with van der Waals surface area (Å²) < 4.78 is 28.2. The lowest BCUT2D eigenvalue weighted by atomic mass is 9.84. The van der Waals surface area contributed by atoms with E-state index in [9.17, 15) is 13.6 Å². The lowest BCUT2D eigenvalue weighted by molar-refractivity contribution is -0.125. The minimum atomic E-state index is -2.47. The Labute approximate surface area is 107 Å². The third-order valence-corrected chi connectivity index (χ3v) is 2.30. The Hall–Kier alpha value is -0.750. The fourth-order valence-electron chi connectivity index (χ4n) is 1.59. The molecule has 0 saturated carbocycles. The van der Waals surface area contributed by atoms with Gasteiger partial charge in [0, 0.05) is 13.1 Å². The number of ether oxygens (including phenoxy) is 1. The molecule has 0 saturated heterocycles. The molecule has 0 heterocycles. The highest BCUT2D eigenvalue weighted by Gasteiger charge is 2.23. The Balaban J connectivity index is 3.84. The van der Waals surface area contributed by atoms with Crippen molar-refractivity contribution in [3.8, 4) is 0 Å². The molecule has 0 aliphatic carbocycles. The van der Waals surface area contributed by atoms with Gasteiger partial charge in [-0.2, -0.15) is 0 Å². The molecule has 0 aromatic heterocycles. The van der Waals surface area contributed by atoms with Crippen molar-refractivity contribution in [3.63, 3.8) is 0 Å². The molecule has 1 atom stereocenters. The second-order valence-electron chi connectivity index (χ2n) is 5.45. The number of hydrogen-bond donors (Lipinski definition) is 2. The van der Waals surface area contributed by atoms with Crippen molar-refractivity contribution in [3.05, 3.63) is 0 Å². The summed E-state index contributed by atoms with van der Waals surface area (Å²) in [6.07, 6.45) is -1.79. The lowest BCUT2D eigenvalue weighted by Crippen LogP contribution is -2.38. The van der Waals surface area contributed by atoms with Crippen LogP contribution in [0.2, 0.25) is 0 Å². The fourth-order valence-corrected chi connectivity index (χ4v) is 1.59. The van der Waals surface area contributed by atoms with Gasteiger partial charge in [-0.1, -0.05) is 20.8 Å². The molecule has 0 aromatic rings. The molecule has 0 aliphatic rings. The molecule has 108 valence electrons. The Kier molecular flexibility index (Phi) is 8.02. The first-order chi connectivity index (χ1) is 8.26. The molecule has 0 radical (unpaired) electrons. The van der Waals surface area contributed by atoms with Gasteiger partial charge in [0.15, 0.2) is 0 Å². The summed E-state index contributed by atoms with van der Waals surface area (Å²) in [5.41, 5.74) is 5.58. The van der Waals surface area contributed by atoms with Gasteiger partial charge in [0.2, 0.25) is 5.91 Å². The van der Waals surface area contributed by atoms with Gasteiger partial charge < -0.3 is 15.8 Å². The van der Waals surface area contributed by atoms with Crippen LogP contribution in [-0.4, -0.2) is 38.6 Å². The van der Waals surface area contributed by atoms with Crippen LogP contribution in [0.15, 0.2) is 0 Å². The number of halogens is 2. The van der Waals surface area contributed by atoms with Gasteiger partial charge >= 0.3 is 0 Å². The number of nitrogens with two attached hydrogens (primary N) is 1. The third kappa shape index (κ3) is 9.30. The van der Waals surface area contributed by atoms with E-state index in [0.717, 1.165) is 0 Å². The highest BCUT2D eigenvalue weighted by atomic mass is 19.3. The largest absolute Gasteiger partial charge is 0.374 e. The highest BCUT2D eigenvalue weighted by Crippen LogP contribution is 2.23. The average molecular weight is 266 g/mol. The maximum absolute atomic E-state index is 11.8. The minimum Gasteiger partial charge on any atom is -0.374 e. The van der Waals surface area contributed by atoms with Gasteiger partial charge in [0.1, 0.15) is 6.61 Å². The molecule has 0 aliphatic heterocycles. The van der Waals surface area contributed by atoms with E-state index < -0.39 is 13.0 Å². The zero-order chi connectivity index (χ0) is 14.2. The number of hydrogen-bond acceptors (Lipinski definition) is 3. The van der Waals surface area contributed by atoms with Crippen molar-refractivity contribution in [2.45, 2.75) is 33.6 Å². The zero-order valence-corrected chi connectivity index (χ0v) is 11.3. The molecular formula is C12H24F2N2O2. The van der Waals surface area contributed by atoms with Crippen LogP contribution in [0.1, 0.15) is 27.2 Å². The van der Waals surface area contributed by atoms with E-state index in [0.29, 0.717) is 6.42 Å². The summed E-state index contributed by atoms with van der Waals surface area (Å²) in [5.74, 6) is -0.395. The molecule has 1 unspecified atom stereocenters. The summed E-state index contributed by atoms with van der Waals surface area (Å²) in [5, 5.41) is 2.64. The zero-order valence-electron chi connectivity index (χ0n) is 11.3. The number of carbonyl (C=O) groups excluding carboxylic acids is 1. The van der Waals surface area contributed by atoms with Crippen molar-refractivity contribution in [2.24, 2.45) is 17.1 Å². The summed E-state index contributed by atoms with van der Waals surface area (Å²) in [6, 6.07) is 0. The maximum Gasteiger partial charge on any atom is 0.261 e. The molecule has 0 aromatic carbocycles. The van der Waals surface area contributed by atoms with Crippen LogP contribution < -0.4 is 11.1 Å². The van der Waals surface area contributed by atoms with E-state index in [1.54, 1.807) is 0 Å². The Morgan fingerprint density at radius 2 is 2.00 bits per heavy atom. The van der Waals surface area contributed by atoms with Crippen molar-refractivity contribution in [1.29, 1.82) is 0 Å². The first kappa shape index (κ1) is 17.2. The van der Waals surface area contributed by atoms with Gasteiger partial charge in [-0.3, -0.25) is 4.79 Å². The van der Waals surface area contributed by atoms with Crippen LogP contribution in [-0.2, 0) is 9.53 Å². The molecule has 0 fully saturated rings. The number of carbonyl (C=O) groups is 1. The molecule has 18 heavy (non-hydrogen) atoms. The normalized spacial score (nSPS) is 13.7. The standard InChI is InChI=1S/C12H24F2N2O2/c1-12(2,3)6-9(7-15)11(17)16-4-5-18-8-10(13)14/h9-10H,4-8,15H2,1-3H3,(H,16,17). The van der Waals surface area contributed by atoms with E-state index in [-0.39, 0.29) is 36.9 Å². The predicted molar refractivity (Wildman–Crippen MR) is 66.4 cm³/mol. The Morgan fingerprint density at radius 3 is 2.44 bits per heavy atom. The number of amides is 1. The van der Waals surface area contributed by atoms with Gasteiger partial charge in [0.25, 0.3) is 6.43 Å². The second kappa shape index (κ2) is 8.37. The second-order valence-corrected chi connectivity index (χ2v) is 5.45. The molecule has 0 rings (SSSR count). The molecule has 0 spiro atoms. The average Bonchev–Trinajstić information content (AvgIpc) is 2.23. The first-order valence-electron chi connectivity index (χ1n) is 6.10. The van der Waals surface area contributed by atoms with Gasteiger partial charge in [-0.15, -0.1) is 0 Å². The molecule has 6 heteroatoms. The smallest absolute Gasteiger partial charge is 0.261 e. The van der Waals surface area contributed by atoms with Crippen molar-refractivity contribution in [2.75, 3.05) is 26.3 Å². The predicted octanol–water partition coefficient (Wildman–Crippen LogP) is 1.40. The molecule has 3 N–H and O–H groups in total. The van der Waals surface area contributed by atoms with Crippen LogP contribution in [0.3, 0.4) is 0 Å². The summed E-state index contributed by atoms with van der Waals surface area (Å²) in [4.78, 5) is 11.8. The number of alkyl halides is 2. The Morgan fingerprint density at radius 1 is 1.39 bits per heavy atom. The highest BCUT2D eigenvalue weighted by molar-refractivity contribution is 5.78. The molecule has 1 amide bonds. The summed E-state index contributed by atoms with van der Waals surface area (Å²) in [6.45, 7) is 6.10. The van der Waals surface area contributed by atoms with Crippen LogP contribution in [0.4, 0.5) is 8.78 Å². The van der Waals surface area contributed by atoms with Crippen LogP contribution in [0.5, 0.6) is 0 Å². The van der Waals surface area contributed by atoms with Crippen LogP contribution in [0, 0.1) is 11.3 Å². The molecule has 4 nitrogen and oxygen atoms in total. The lowest BCUT2D eigenvalue weighted by Gasteiger charge is -2.24. The first-order valence-corrected chi connectivity index (χ1v) is 6.10. The van der Waals surface area contributed by atoms with Gasteiger partial charge in [0.05, 0.1) is 12.5 Å². The summed E-state index contributed by atoms with van der Waals surface area (Å²) in [7, 11) is 0. The molecular weight excluding hydrogens is 242 g/mol. The number of rotatable bonds is 8. The Bertz CT molecular complexity index is 243. The van der Waals surface area contributed by atoms with E-state index in [1.807, 2.05) is 20.8 Å². The van der Waals surface area contributed by atoms with E-state index in [2.05, 4.69) is 10.1 Å². The minimum absolute atomic E-state index is 0.0214. The van der Waals surface area contributed by atoms with E-state index in [4.69, 9.17) is 5.73 Å². The number of nitrogens with one attached hydrogen (secondary N) is 1. The quantitative estimate of drug-likeness (QED) is 0.653. The van der Waals surface area contributed by atoms with Gasteiger partial charge in [-0.05, 0) is 11.8 Å². The van der Waals surface area contributed by atoms with E-state index >= 15 is 0 Å². The summed E-state index contributed by atoms with van der Waals surface area (Å²) >= 11 is 0. The topological polar surface area (TPSA) is 64.4 Å². The van der Waals surface area contributed by atoms with Crippen molar-refractivity contribution in [1.82, 2.24) is 5.32 Å². The molecule has 0 bridgehead atoms. The fraction of sp³-hybridized carbons (Fsp3) is 0.917. The van der Waals surface area contributed by atoms with Crippen molar-refractivity contribution >= 4 is 5.91 Å².